The van der Waals surface area contributed by atoms with Crippen molar-refractivity contribution in [3.05, 3.63) is 28.8 Å². The van der Waals surface area contributed by atoms with E-state index in [0.717, 1.165) is 25.7 Å². The van der Waals surface area contributed by atoms with Gasteiger partial charge in [0.15, 0.2) is 6.10 Å². The zero-order chi connectivity index (χ0) is 15.2. The molecule has 21 heavy (non-hydrogen) atoms. The number of hydrogen-bond donors (Lipinski definition) is 1. The SMILES string of the molecule is CC(Oc1cccc(Cl)c1C#N)C(=O)NC1CCCCC1. The molecule has 1 aliphatic rings. The van der Waals surface area contributed by atoms with Crippen LogP contribution < -0.4 is 10.1 Å². The van der Waals surface area contributed by atoms with Crippen molar-refractivity contribution in [2.75, 3.05) is 0 Å². The van der Waals surface area contributed by atoms with E-state index in [1.54, 1.807) is 25.1 Å². The molecule has 0 bridgehead atoms. The number of nitriles is 1. The van der Waals surface area contributed by atoms with Gasteiger partial charge in [-0.1, -0.05) is 36.9 Å². The number of ether oxygens (including phenoxy) is 1. The molecule has 0 saturated heterocycles. The lowest BCUT2D eigenvalue weighted by Gasteiger charge is -2.24. The largest absolute Gasteiger partial charge is 0.479 e. The van der Waals surface area contributed by atoms with Crippen molar-refractivity contribution in [3.8, 4) is 11.8 Å². The molecule has 0 radical (unpaired) electrons. The van der Waals surface area contributed by atoms with Gasteiger partial charge in [0.1, 0.15) is 17.4 Å². The van der Waals surface area contributed by atoms with Crippen molar-refractivity contribution in [2.24, 2.45) is 0 Å². The van der Waals surface area contributed by atoms with Gasteiger partial charge in [-0.25, -0.2) is 0 Å². The van der Waals surface area contributed by atoms with Crippen LogP contribution in [0.15, 0.2) is 18.2 Å². The molecule has 4 nitrogen and oxygen atoms in total. The second kappa shape index (κ2) is 7.33. The molecule has 0 aliphatic heterocycles. The highest BCUT2D eigenvalue weighted by Gasteiger charge is 2.21. The first-order valence-corrected chi connectivity index (χ1v) is 7.65. The van der Waals surface area contributed by atoms with Crippen molar-refractivity contribution in [2.45, 2.75) is 51.2 Å². The molecule has 1 amide bonds. The van der Waals surface area contributed by atoms with E-state index >= 15 is 0 Å². The van der Waals surface area contributed by atoms with E-state index in [4.69, 9.17) is 21.6 Å². The molecular weight excluding hydrogens is 288 g/mol. The Morgan fingerprint density at radius 1 is 1.43 bits per heavy atom. The minimum Gasteiger partial charge on any atom is -0.479 e. The molecule has 5 heteroatoms. The third-order valence-electron chi connectivity index (χ3n) is 3.71. The van der Waals surface area contributed by atoms with E-state index in [9.17, 15) is 4.79 Å². The molecule has 0 heterocycles. The lowest BCUT2D eigenvalue weighted by Crippen LogP contribution is -2.43. The van der Waals surface area contributed by atoms with E-state index in [1.165, 1.54) is 6.42 Å². The summed E-state index contributed by atoms with van der Waals surface area (Å²) in [6.07, 6.45) is 4.96. The molecule has 1 atom stereocenters. The van der Waals surface area contributed by atoms with Crippen LogP contribution in [0.2, 0.25) is 5.02 Å². The van der Waals surface area contributed by atoms with Crippen molar-refractivity contribution in [1.82, 2.24) is 5.32 Å². The minimum atomic E-state index is -0.655. The highest BCUT2D eigenvalue weighted by Crippen LogP contribution is 2.26. The summed E-state index contributed by atoms with van der Waals surface area (Å²) < 4.78 is 5.60. The van der Waals surface area contributed by atoms with Gasteiger partial charge in [-0.15, -0.1) is 0 Å². The lowest BCUT2D eigenvalue weighted by atomic mass is 9.95. The van der Waals surface area contributed by atoms with E-state index in [-0.39, 0.29) is 17.5 Å². The van der Waals surface area contributed by atoms with Crippen LogP contribution in [0.25, 0.3) is 0 Å². The Labute approximate surface area is 130 Å². The maximum atomic E-state index is 12.1. The molecule has 0 spiro atoms. The van der Waals surface area contributed by atoms with Crippen LogP contribution in [0, 0.1) is 11.3 Å². The second-order valence-electron chi connectivity index (χ2n) is 5.33. The monoisotopic (exact) mass is 306 g/mol. The van der Waals surface area contributed by atoms with Crippen LogP contribution in [0.4, 0.5) is 0 Å². The highest BCUT2D eigenvalue weighted by molar-refractivity contribution is 6.31. The normalized spacial score (nSPS) is 16.8. The fraction of sp³-hybridized carbons (Fsp3) is 0.500. The van der Waals surface area contributed by atoms with E-state index in [1.807, 2.05) is 6.07 Å². The number of nitrogens with one attached hydrogen (secondary N) is 1. The average molecular weight is 307 g/mol. The van der Waals surface area contributed by atoms with Crippen LogP contribution in [-0.4, -0.2) is 18.1 Å². The minimum absolute atomic E-state index is 0.147. The summed E-state index contributed by atoms with van der Waals surface area (Å²) in [6.45, 7) is 1.68. The van der Waals surface area contributed by atoms with E-state index in [0.29, 0.717) is 10.8 Å². The van der Waals surface area contributed by atoms with Gasteiger partial charge >= 0.3 is 0 Å². The summed E-state index contributed by atoms with van der Waals surface area (Å²) in [5.41, 5.74) is 0.261. The molecule has 0 aromatic heterocycles. The maximum Gasteiger partial charge on any atom is 0.260 e. The Hall–Kier alpha value is -1.73. The van der Waals surface area contributed by atoms with Crippen molar-refractivity contribution < 1.29 is 9.53 Å². The van der Waals surface area contributed by atoms with Gasteiger partial charge in [0.05, 0.1) is 5.02 Å². The lowest BCUT2D eigenvalue weighted by molar-refractivity contribution is -0.128. The first kappa shape index (κ1) is 15.7. The third-order valence-corrected chi connectivity index (χ3v) is 4.03. The summed E-state index contributed by atoms with van der Waals surface area (Å²) in [5.74, 6) is 0.196. The number of rotatable bonds is 4. The van der Waals surface area contributed by atoms with Gasteiger partial charge in [-0.2, -0.15) is 5.26 Å². The number of amides is 1. The van der Waals surface area contributed by atoms with Crippen LogP contribution in [0.3, 0.4) is 0 Å². The Kier molecular flexibility index (Phi) is 5.46. The Balaban J connectivity index is 1.97. The number of halogens is 1. The van der Waals surface area contributed by atoms with Gasteiger partial charge in [-0.3, -0.25) is 4.79 Å². The summed E-state index contributed by atoms with van der Waals surface area (Å²) >= 11 is 5.95. The quantitative estimate of drug-likeness (QED) is 0.927. The molecule has 2 rings (SSSR count). The fourth-order valence-electron chi connectivity index (χ4n) is 2.52. The van der Waals surface area contributed by atoms with Gasteiger partial charge in [0.25, 0.3) is 5.91 Å². The maximum absolute atomic E-state index is 12.1. The Morgan fingerprint density at radius 2 is 2.14 bits per heavy atom. The number of benzene rings is 1. The first-order chi connectivity index (χ1) is 10.1. The molecule has 1 unspecified atom stereocenters. The van der Waals surface area contributed by atoms with Gasteiger partial charge in [0.2, 0.25) is 0 Å². The molecule has 1 N–H and O–H groups in total. The summed E-state index contributed by atoms with van der Waals surface area (Å²) in [7, 11) is 0. The van der Waals surface area contributed by atoms with Gasteiger partial charge in [0, 0.05) is 6.04 Å². The predicted molar refractivity (Wildman–Crippen MR) is 81.3 cm³/mol. The Bertz CT molecular complexity index is 548. The average Bonchev–Trinajstić information content (AvgIpc) is 2.48. The van der Waals surface area contributed by atoms with E-state index in [2.05, 4.69) is 5.32 Å². The summed E-state index contributed by atoms with van der Waals surface area (Å²) in [6, 6.07) is 7.21. The molecule has 112 valence electrons. The molecular formula is C16H19ClN2O2. The van der Waals surface area contributed by atoms with Crippen LogP contribution in [-0.2, 0) is 4.79 Å². The van der Waals surface area contributed by atoms with Crippen molar-refractivity contribution >= 4 is 17.5 Å². The topological polar surface area (TPSA) is 62.1 Å². The summed E-state index contributed by atoms with van der Waals surface area (Å²) in [5, 5.41) is 12.4. The molecule has 1 aromatic rings. The second-order valence-corrected chi connectivity index (χ2v) is 5.74. The molecule has 1 aromatic carbocycles. The fourth-order valence-corrected chi connectivity index (χ4v) is 2.73. The molecule has 1 aliphatic carbocycles. The standard InChI is InChI=1S/C16H19ClN2O2/c1-11(16(20)19-12-6-3-2-4-7-12)21-15-9-5-8-14(17)13(15)10-18/h5,8-9,11-12H,2-4,6-7H2,1H3,(H,19,20). The molecule has 1 saturated carbocycles. The van der Waals surface area contributed by atoms with Gasteiger partial charge in [-0.05, 0) is 31.9 Å². The molecule has 1 fully saturated rings. The number of hydrogen-bond acceptors (Lipinski definition) is 3. The van der Waals surface area contributed by atoms with Crippen LogP contribution in [0.5, 0.6) is 5.75 Å². The number of carbonyl (C=O) groups is 1. The third kappa shape index (κ3) is 4.12. The summed E-state index contributed by atoms with van der Waals surface area (Å²) in [4.78, 5) is 12.1. The number of carbonyl (C=O) groups excluding carboxylic acids is 1. The van der Waals surface area contributed by atoms with Crippen molar-refractivity contribution in [3.63, 3.8) is 0 Å². The zero-order valence-electron chi connectivity index (χ0n) is 12.1. The van der Waals surface area contributed by atoms with Gasteiger partial charge < -0.3 is 10.1 Å². The first-order valence-electron chi connectivity index (χ1n) is 7.27. The van der Waals surface area contributed by atoms with E-state index < -0.39 is 6.10 Å². The highest BCUT2D eigenvalue weighted by atomic mass is 35.5. The van der Waals surface area contributed by atoms with Crippen molar-refractivity contribution in [1.29, 1.82) is 5.26 Å². The number of nitrogens with zero attached hydrogens (tertiary/aromatic N) is 1. The Morgan fingerprint density at radius 3 is 2.81 bits per heavy atom. The van der Waals surface area contributed by atoms with Crippen LogP contribution >= 0.6 is 11.6 Å². The van der Waals surface area contributed by atoms with Crippen LogP contribution in [0.1, 0.15) is 44.6 Å². The predicted octanol–water partition coefficient (Wildman–Crippen LogP) is 3.43. The smallest absolute Gasteiger partial charge is 0.260 e. The zero-order valence-corrected chi connectivity index (χ0v) is 12.8.